The molecular formula is C16H24N4O2. The first-order valence-electron chi connectivity index (χ1n) is 7.96. The van der Waals surface area contributed by atoms with Crippen LogP contribution in [0.15, 0.2) is 17.1 Å². The molecule has 4 atom stereocenters. The van der Waals surface area contributed by atoms with Crippen LogP contribution in [0.1, 0.15) is 12.8 Å². The number of hydrogen-bond acceptors (Lipinski definition) is 3. The maximum absolute atomic E-state index is 12.5. The molecule has 0 aromatic heterocycles. The summed E-state index contributed by atoms with van der Waals surface area (Å²) in [6.07, 6.45) is 5.99. The number of likely N-dealkylation sites (tertiary alicyclic amines) is 1. The summed E-state index contributed by atoms with van der Waals surface area (Å²) in [6, 6.07) is 0. The van der Waals surface area contributed by atoms with Crippen LogP contribution in [-0.4, -0.2) is 61.8 Å². The van der Waals surface area contributed by atoms with Crippen LogP contribution in [0.5, 0.6) is 0 Å². The molecule has 22 heavy (non-hydrogen) atoms. The molecule has 0 aromatic rings. The molecule has 1 heterocycles. The molecule has 0 spiro atoms. The van der Waals surface area contributed by atoms with Crippen molar-refractivity contribution in [3.8, 4) is 0 Å². The van der Waals surface area contributed by atoms with Crippen LogP contribution in [0.2, 0.25) is 0 Å². The van der Waals surface area contributed by atoms with E-state index in [1.54, 1.807) is 7.05 Å². The number of nitrogens with one attached hydrogen (secondary N) is 1. The summed E-state index contributed by atoms with van der Waals surface area (Å²) in [7, 11) is 5.58. The highest BCUT2D eigenvalue weighted by molar-refractivity contribution is 6.06. The van der Waals surface area contributed by atoms with Crippen molar-refractivity contribution in [2.24, 2.45) is 28.7 Å². The minimum atomic E-state index is -0.0787. The molecule has 6 heteroatoms. The lowest BCUT2D eigenvalue weighted by Crippen LogP contribution is -2.39. The maximum atomic E-state index is 12.5. The fraction of sp³-hybridized carbons (Fsp3) is 0.688. The summed E-state index contributed by atoms with van der Waals surface area (Å²) >= 11 is 0. The monoisotopic (exact) mass is 304 g/mol. The minimum absolute atomic E-state index is 0.0452. The Kier molecular flexibility index (Phi) is 3.93. The van der Waals surface area contributed by atoms with Crippen LogP contribution in [0, 0.1) is 23.7 Å². The summed E-state index contributed by atoms with van der Waals surface area (Å²) in [4.78, 5) is 32.5. The topological polar surface area (TPSA) is 65.0 Å². The lowest BCUT2D eigenvalue weighted by atomic mass is 9.85. The van der Waals surface area contributed by atoms with E-state index in [0.29, 0.717) is 24.9 Å². The predicted molar refractivity (Wildman–Crippen MR) is 84.1 cm³/mol. The number of imide groups is 1. The van der Waals surface area contributed by atoms with Crippen LogP contribution in [0.3, 0.4) is 0 Å². The molecule has 0 radical (unpaired) electrons. The third kappa shape index (κ3) is 2.30. The molecule has 2 fully saturated rings. The fourth-order valence-corrected chi connectivity index (χ4v) is 4.06. The Morgan fingerprint density at radius 1 is 1.27 bits per heavy atom. The Labute approximate surface area is 131 Å². The molecule has 3 rings (SSSR count). The van der Waals surface area contributed by atoms with Gasteiger partial charge in [-0.15, -0.1) is 0 Å². The zero-order valence-corrected chi connectivity index (χ0v) is 13.5. The van der Waals surface area contributed by atoms with E-state index in [0.717, 1.165) is 18.8 Å². The van der Waals surface area contributed by atoms with Gasteiger partial charge in [0.25, 0.3) is 0 Å². The molecule has 2 aliphatic carbocycles. The Bertz CT molecular complexity index is 510. The summed E-state index contributed by atoms with van der Waals surface area (Å²) in [5.74, 6) is 1.32. The van der Waals surface area contributed by atoms with Gasteiger partial charge in [-0.05, 0) is 24.7 Å². The number of fused-ring (bicyclic) bond motifs is 5. The average molecular weight is 304 g/mol. The quantitative estimate of drug-likeness (QED) is 0.267. The second-order valence-corrected chi connectivity index (χ2v) is 6.55. The molecule has 3 aliphatic rings. The van der Waals surface area contributed by atoms with Crippen molar-refractivity contribution >= 4 is 17.8 Å². The lowest BCUT2D eigenvalue weighted by molar-refractivity contribution is -0.140. The molecule has 1 N–H and O–H groups in total. The van der Waals surface area contributed by atoms with Gasteiger partial charge in [-0.1, -0.05) is 12.2 Å². The van der Waals surface area contributed by atoms with E-state index in [1.165, 1.54) is 4.90 Å². The molecule has 1 saturated heterocycles. The van der Waals surface area contributed by atoms with Crippen molar-refractivity contribution in [3.05, 3.63) is 12.2 Å². The predicted octanol–water partition coefficient (Wildman–Crippen LogP) is 0.321. The average Bonchev–Trinajstić information content (AvgIpc) is 3.15. The third-order valence-corrected chi connectivity index (χ3v) is 5.04. The molecule has 2 amide bonds. The van der Waals surface area contributed by atoms with Crippen molar-refractivity contribution in [3.63, 3.8) is 0 Å². The van der Waals surface area contributed by atoms with E-state index in [4.69, 9.17) is 0 Å². The van der Waals surface area contributed by atoms with Gasteiger partial charge in [-0.25, -0.2) is 0 Å². The first kappa shape index (κ1) is 15.1. The number of amides is 2. The van der Waals surface area contributed by atoms with E-state index in [-0.39, 0.29) is 23.7 Å². The minimum Gasteiger partial charge on any atom is -0.356 e. The van der Waals surface area contributed by atoms with Crippen molar-refractivity contribution in [2.75, 3.05) is 34.2 Å². The van der Waals surface area contributed by atoms with Crippen molar-refractivity contribution in [2.45, 2.75) is 12.8 Å². The van der Waals surface area contributed by atoms with Crippen LogP contribution >= 0.6 is 0 Å². The van der Waals surface area contributed by atoms with Gasteiger partial charge in [0, 0.05) is 34.2 Å². The highest BCUT2D eigenvalue weighted by Crippen LogP contribution is 2.52. The van der Waals surface area contributed by atoms with Crippen LogP contribution in [-0.2, 0) is 9.59 Å². The Morgan fingerprint density at radius 3 is 2.36 bits per heavy atom. The van der Waals surface area contributed by atoms with E-state index >= 15 is 0 Å². The highest BCUT2D eigenvalue weighted by Gasteiger charge is 2.58. The van der Waals surface area contributed by atoms with Gasteiger partial charge in [0.1, 0.15) is 0 Å². The standard InChI is InChI=1S/C16H24N4O2/c1-17-16(19(2)3)18-7-4-8-20-14(21)12-10-5-6-11(9-10)13(12)15(20)22/h5-6,10-13H,4,7-9H2,1-3H3,(H,17,18). The Balaban J connectivity index is 1.52. The van der Waals surface area contributed by atoms with Gasteiger partial charge in [-0.2, -0.15) is 0 Å². The first-order chi connectivity index (χ1) is 10.5. The molecular weight excluding hydrogens is 280 g/mol. The molecule has 120 valence electrons. The maximum Gasteiger partial charge on any atom is 0.233 e. The number of carbonyl (C=O) groups is 2. The van der Waals surface area contributed by atoms with Gasteiger partial charge in [0.15, 0.2) is 5.96 Å². The first-order valence-corrected chi connectivity index (χ1v) is 7.96. The second kappa shape index (κ2) is 5.74. The summed E-state index contributed by atoms with van der Waals surface area (Å²) in [5.41, 5.74) is 0. The van der Waals surface area contributed by atoms with Crippen LogP contribution < -0.4 is 5.32 Å². The fourth-order valence-electron chi connectivity index (χ4n) is 4.06. The Morgan fingerprint density at radius 2 is 1.86 bits per heavy atom. The molecule has 6 nitrogen and oxygen atoms in total. The number of allylic oxidation sites excluding steroid dienone is 2. The van der Waals surface area contributed by atoms with E-state index in [9.17, 15) is 9.59 Å². The normalized spacial score (nSPS) is 32.9. The number of rotatable bonds is 4. The molecule has 1 aliphatic heterocycles. The van der Waals surface area contributed by atoms with Crippen LogP contribution in [0.25, 0.3) is 0 Å². The van der Waals surface area contributed by atoms with Gasteiger partial charge >= 0.3 is 0 Å². The number of aliphatic imine (C=N–C) groups is 1. The van der Waals surface area contributed by atoms with E-state index in [1.807, 2.05) is 19.0 Å². The summed E-state index contributed by atoms with van der Waals surface area (Å²) in [5, 5.41) is 3.22. The van der Waals surface area contributed by atoms with Gasteiger partial charge in [0.05, 0.1) is 11.8 Å². The van der Waals surface area contributed by atoms with Crippen molar-refractivity contribution in [1.29, 1.82) is 0 Å². The van der Waals surface area contributed by atoms with Gasteiger partial charge < -0.3 is 10.2 Å². The summed E-state index contributed by atoms with van der Waals surface area (Å²) in [6.45, 7) is 1.20. The van der Waals surface area contributed by atoms with E-state index < -0.39 is 0 Å². The highest BCUT2D eigenvalue weighted by atomic mass is 16.2. The zero-order valence-electron chi connectivity index (χ0n) is 13.5. The molecule has 2 bridgehead atoms. The smallest absolute Gasteiger partial charge is 0.233 e. The Hall–Kier alpha value is -1.85. The number of hydrogen-bond donors (Lipinski definition) is 1. The largest absolute Gasteiger partial charge is 0.356 e. The molecule has 4 unspecified atom stereocenters. The van der Waals surface area contributed by atoms with Crippen molar-refractivity contribution in [1.82, 2.24) is 15.1 Å². The SMILES string of the molecule is CN=C(NCCCN1C(=O)C2C3C=CC(C3)C2C1=O)N(C)C. The van der Waals surface area contributed by atoms with Gasteiger partial charge in [-0.3, -0.25) is 19.5 Å². The van der Waals surface area contributed by atoms with Crippen molar-refractivity contribution < 1.29 is 9.59 Å². The molecule has 1 saturated carbocycles. The number of guanidine groups is 1. The summed E-state index contributed by atoms with van der Waals surface area (Å²) < 4.78 is 0. The third-order valence-electron chi connectivity index (χ3n) is 5.04. The number of carbonyl (C=O) groups excluding carboxylic acids is 2. The molecule has 0 aromatic carbocycles. The van der Waals surface area contributed by atoms with Gasteiger partial charge in [0.2, 0.25) is 11.8 Å². The van der Waals surface area contributed by atoms with E-state index in [2.05, 4.69) is 22.5 Å². The number of nitrogens with zero attached hydrogens (tertiary/aromatic N) is 3. The second-order valence-electron chi connectivity index (χ2n) is 6.55. The lowest BCUT2D eigenvalue weighted by Gasteiger charge is -2.19. The van der Waals surface area contributed by atoms with Crippen LogP contribution in [0.4, 0.5) is 0 Å². The zero-order chi connectivity index (χ0) is 15.9.